The molecule has 0 fully saturated rings. The van der Waals surface area contributed by atoms with Crippen molar-refractivity contribution in [3.05, 3.63) is 71.8 Å². The fourth-order valence-corrected chi connectivity index (χ4v) is 2.43. The van der Waals surface area contributed by atoms with Crippen LogP contribution >= 0.6 is 0 Å². The molecule has 1 aliphatic heterocycles. The Bertz CT molecular complexity index is 667. The van der Waals surface area contributed by atoms with Crippen LogP contribution in [0.4, 0.5) is 0 Å². The van der Waals surface area contributed by atoms with Gasteiger partial charge in [-0.15, -0.1) is 0 Å². The monoisotopic (exact) mass is 295 g/mol. The average Bonchev–Trinajstić information content (AvgIpc) is 3.02. The molecule has 0 aliphatic carbocycles. The first-order valence-electron chi connectivity index (χ1n) is 7.31. The van der Waals surface area contributed by atoms with Gasteiger partial charge < -0.3 is 9.47 Å². The fourth-order valence-electron chi connectivity index (χ4n) is 2.43. The Morgan fingerprint density at radius 2 is 1.73 bits per heavy atom. The minimum Gasteiger partial charge on any atom is -0.466 e. The highest BCUT2D eigenvalue weighted by molar-refractivity contribution is 5.98. The number of carbonyl (C=O) groups is 1. The molecule has 2 aromatic rings. The summed E-state index contributed by atoms with van der Waals surface area (Å²) in [7, 11) is 0. The van der Waals surface area contributed by atoms with Crippen molar-refractivity contribution in [2.45, 2.75) is 19.1 Å². The summed E-state index contributed by atoms with van der Waals surface area (Å²) in [5.74, 6) is 0.120. The summed E-state index contributed by atoms with van der Waals surface area (Å²) in [6.45, 7) is 2.11. The zero-order valence-electron chi connectivity index (χ0n) is 12.3. The third kappa shape index (κ3) is 2.86. The van der Waals surface area contributed by atoms with Crippen LogP contribution < -0.4 is 0 Å². The number of esters is 1. The Kier molecular flexibility index (Phi) is 4.19. The summed E-state index contributed by atoms with van der Waals surface area (Å²) in [5.41, 5.74) is 1.77. The molecule has 2 atom stereocenters. The second-order valence-corrected chi connectivity index (χ2v) is 4.95. The smallest absolute Gasteiger partial charge is 0.335 e. The van der Waals surface area contributed by atoms with Gasteiger partial charge >= 0.3 is 5.97 Å². The van der Waals surface area contributed by atoms with Crippen molar-refractivity contribution in [3.63, 3.8) is 0 Å². The molecule has 4 heteroatoms. The maximum Gasteiger partial charge on any atom is 0.335 e. The van der Waals surface area contributed by atoms with Gasteiger partial charge in [0.25, 0.3) is 0 Å². The lowest BCUT2D eigenvalue weighted by Gasteiger charge is -2.16. The van der Waals surface area contributed by atoms with Crippen molar-refractivity contribution >= 4 is 11.9 Å². The minimum absolute atomic E-state index is 0.326. The lowest BCUT2D eigenvalue weighted by molar-refractivity contribution is -0.146. The summed E-state index contributed by atoms with van der Waals surface area (Å²) in [4.78, 5) is 16.7. The van der Waals surface area contributed by atoms with Gasteiger partial charge in [0, 0.05) is 5.56 Å². The number of benzene rings is 2. The molecule has 112 valence electrons. The van der Waals surface area contributed by atoms with Crippen molar-refractivity contribution in [3.8, 4) is 0 Å². The van der Waals surface area contributed by atoms with Crippen molar-refractivity contribution in [1.82, 2.24) is 0 Å². The Morgan fingerprint density at radius 1 is 1.09 bits per heavy atom. The van der Waals surface area contributed by atoms with Crippen molar-refractivity contribution in [2.75, 3.05) is 6.61 Å². The van der Waals surface area contributed by atoms with Gasteiger partial charge in [-0.2, -0.15) is 0 Å². The molecule has 1 aliphatic rings. The number of ether oxygens (including phenoxy) is 2. The standard InChI is InChI=1S/C18H17NO3/c1-2-21-18(20)15-16(13-9-5-3-6-10-13)22-17(19-15)14-11-7-4-8-12-14/h3-12,15-16H,2H2,1H3/t15-,16+/m0/s1. The fraction of sp³-hybridized carbons (Fsp3) is 0.222. The minimum atomic E-state index is -0.669. The van der Waals surface area contributed by atoms with Crippen LogP contribution in [0.5, 0.6) is 0 Å². The van der Waals surface area contributed by atoms with Crippen molar-refractivity contribution in [2.24, 2.45) is 4.99 Å². The van der Waals surface area contributed by atoms with E-state index >= 15 is 0 Å². The van der Waals surface area contributed by atoms with Crippen molar-refractivity contribution in [1.29, 1.82) is 0 Å². The molecule has 0 radical (unpaired) electrons. The lowest BCUT2D eigenvalue weighted by Crippen LogP contribution is -2.26. The number of nitrogens with zero attached hydrogens (tertiary/aromatic N) is 1. The normalized spacial score (nSPS) is 20.1. The summed E-state index contributed by atoms with van der Waals surface area (Å²) in [6.07, 6.45) is -0.449. The molecule has 1 heterocycles. The predicted molar refractivity (Wildman–Crippen MR) is 83.7 cm³/mol. The van der Waals surface area contributed by atoms with Crippen LogP contribution in [0, 0.1) is 0 Å². The van der Waals surface area contributed by atoms with Gasteiger partial charge in [-0.1, -0.05) is 48.5 Å². The van der Waals surface area contributed by atoms with Crippen molar-refractivity contribution < 1.29 is 14.3 Å². The van der Waals surface area contributed by atoms with Gasteiger partial charge in [0.1, 0.15) is 0 Å². The molecule has 0 saturated heterocycles. The van der Waals surface area contributed by atoms with Crippen LogP contribution in [0.3, 0.4) is 0 Å². The molecule has 3 rings (SSSR count). The first-order valence-corrected chi connectivity index (χ1v) is 7.31. The van der Waals surface area contributed by atoms with Crippen LogP contribution in [0.2, 0.25) is 0 Å². The predicted octanol–water partition coefficient (Wildman–Crippen LogP) is 3.14. The highest BCUT2D eigenvalue weighted by atomic mass is 16.5. The molecule has 0 N–H and O–H groups in total. The maximum absolute atomic E-state index is 12.2. The van der Waals surface area contributed by atoms with Crippen LogP contribution in [-0.4, -0.2) is 24.5 Å². The van der Waals surface area contributed by atoms with E-state index in [1.54, 1.807) is 6.92 Å². The molecule has 0 saturated carbocycles. The van der Waals surface area contributed by atoms with Crippen LogP contribution in [0.1, 0.15) is 24.2 Å². The van der Waals surface area contributed by atoms with Crippen LogP contribution in [-0.2, 0) is 14.3 Å². The number of hydrogen-bond donors (Lipinski definition) is 0. The topological polar surface area (TPSA) is 47.9 Å². The van der Waals surface area contributed by atoms with Gasteiger partial charge in [-0.05, 0) is 24.6 Å². The number of hydrogen-bond acceptors (Lipinski definition) is 4. The molecule has 4 nitrogen and oxygen atoms in total. The molecule has 0 aromatic heterocycles. The van der Waals surface area contributed by atoms with Crippen LogP contribution in [0.15, 0.2) is 65.7 Å². The summed E-state index contributed by atoms with van der Waals surface area (Å²) < 4.78 is 11.1. The first-order chi connectivity index (χ1) is 10.8. The second kappa shape index (κ2) is 6.43. The zero-order chi connectivity index (χ0) is 15.4. The quantitative estimate of drug-likeness (QED) is 0.814. The third-order valence-electron chi connectivity index (χ3n) is 3.46. The van der Waals surface area contributed by atoms with Gasteiger partial charge in [-0.3, -0.25) is 0 Å². The molecule has 0 bridgehead atoms. The van der Waals surface area contributed by atoms with E-state index < -0.39 is 12.1 Å². The van der Waals surface area contributed by atoms with E-state index in [1.807, 2.05) is 60.7 Å². The Balaban J connectivity index is 1.92. The third-order valence-corrected chi connectivity index (χ3v) is 3.46. The summed E-state index contributed by atoms with van der Waals surface area (Å²) in [5, 5.41) is 0. The first kappa shape index (κ1) is 14.3. The average molecular weight is 295 g/mol. The zero-order valence-corrected chi connectivity index (χ0v) is 12.3. The van der Waals surface area contributed by atoms with Gasteiger partial charge in [0.15, 0.2) is 12.1 Å². The van der Waals surface area contributed by atoms with E-state index in [9.17, 15) is 4.79 Å². The van der Waals surface area contributed by atoms with E-state index in [4.69, 9.17) is 9.47 Å². The molecular formula is C18H17NO3. The van der Waals surface area contributed by atoms with E-state index in [0.29, 0.717) is 12.5 Å². The lowest BCUT2D eigenvalue weighted by atomic mass is 10.0. The number of carbonyl (C=O) groups excluding carboxylic acids is 1. The Hall–Kier alpha value is -2.62. The highest BCUT2D eigenvalue weighted by Crippen LogP contribution is 2.31. The second-order valence-electron chi connectivity index (χ2n) is 4.95. The molecule has 0 unspecified atom stereocenters. The maximum atomic E-state index is 12.2. The molecular weight excluding hydrogens is 278 g/mol. The van der Waals surface area contributed by atoms with E-state index in [-0.39, 0.29) is 5.97 Å². The van der Waals surface area contributed by atoms with E-state index in [1.165, 1.54) is 0 Å². The summed E-state index contributed by atoms with van der Waals surface area (Å²) in [6, 6.07) is 18.5. The Labute approximate surface area is 129 Å². The molecule has 0 spiro atoms. The number of rotatable bonds is 4. The van der Waals surface area contributed by atoms with Crippen LogP contribution in [0.25, 0.3) is 0 Å². The van der Waals surface area contributed by atoms with E-state index in [0.717, 1.165) is 11.1 Å². The molecule has 2 aromatic carbocycles. The van der Waals surface area contributed by atoms with E-state index in [2.05, 4.69) is 4.99 Å². The molecule has 0 amide bonds. The Morgan fingerprint density at radius 3 is 2.36 bits per heavy atom. The summed E-state index contributed by atoms with van der Waals surface area (Å²) >= 11 is 0. The largest absolute Gasteiger partial charge is 0.466 e. The highest BCUT2D eigenvalue weighted by Gasteiger charge is 2.38. The van der Waals surface area contributed by atoms with Gasteiger partial charge in [0.2, 0.25) is 5.90 Å². The molecule has 22 heavy (non-hydrogen) atoms. The van der Waals surface area contributed by atoms with Gasteiger partial charge in [-0.25, -0.2) is 9.79 Å². The van der Waals surface area contributed by atoms with Gasteiger partial charge in [0.05, 0.1) is 6.61 Å². The number of aliphatic imine (C=N–C) groups is 1. The SMILES string of the molecule is CCOC(=O)[C@H]1N=C(c2ccccc2)O[C@@H]1c1ccccc1.